The highest BCUT2D eigenvalue weighted by Gasteiger charge is 2.25. The lowest BCUT2D eigenvalue weighted by atomic mass is 9.87. The van der Waals surface area contributed by atoms with Gasteiger partial charge in [0.25, 0.3) is 5.91 Å². The number of rotatable bonds is 6. The van der Waals surface area contributed by atoms with Crippen LogP contribution in [0, 0.1) is 6.92 Å². The number of likely N-dealkylation sites (N-methyl/N-ethyl adjacent to an activating group) is 1. The van der Waals surface area contributed by atoms with Gasteiger partial charge in [-0.25, -0.2) is 4.98 Å². The number of carbonyl (C=O) groups is 2. The van der Waals surface area contributed by atoms with Crippen molar-refractivity contribution in [2.45, 2.75) is 45.4 Å². The van der Waals surface area contributed by atoms with Gasteiger partial charge in [0.05, 0.1) is 12.2 Å². The summed E-state index contributed by atoms with van der Waals surface area (Å²) in [6, 6.07) is 8.96. The molecule has 0 spiro atoms. The highest BCUT2D eigenvalue weighted by molar-refractivity contribution is 5.94. The summed E-state index contributed by atoms with van der Waals surface area (Å²) in [5.41, 5.74) is 8.16. The Bertz CT molecular complexity index is 1500. The molecule has 1 fully saturated rings. The van der Waals surface area contributed by atoms with E-state index in [0.29, 0.717) is 24.1 Å². The van der Waals surface area contributed by atoms with Crippen LogP contribution in [0.15, 0.2) is 36.7 Å². The Morgan fingerprint density at radius 3 is 2.55 bits per heavy atom. The molecule has 4 heterocycles. The topological polar surface area (TPSA) is 85.7 Å². The van der Waals surface area contributed by atoms with Gasteiger partial charge in [-0.2, -0.15) is 0 Å². The number of aromatic nitrogens is 3. The van der Waals surface area contributed by atoms with Crippen molar-refractivity contribution in [3.63, 3.8) is 0 Å². The van der Waals surface area contributed by atoms with Gasteiger partial charge in [-0.3, -0.25) is 9.59 Å². The zero-order valence-electron chi connectivity index (χ0n) is 23.3. The van der Waals surface area contributed by atoms with Crippen molar-refractivity contribution in [2.24, 2.45) is 0 Å². The number of imidazole rings is 1. The van der Waals surface area contributed by atoms with Gasteiger partial charge in [0.1, 0.15) is 11.3 Å². The molecule has 1 aliphatic rings. The lowest BCUT2D eigenvalue weighted by Crippen LogP contribution is -2.42. The molecule has 2 amide bonds. The largest absolute Gasteiger partial charge is 0.354 e. The summed E-state index contributed by atoms with van der Waals surface area (Å²) in [5, 5.41) is 3.91. The highest BCUT2D eigenvalue weighted by Crippen LogP contribution is 2.38. The number of nitrogens with zero attached hydrogens (tertiary/aromatic N) is 4. The van der Waals surface area contributed by atoms with E-state index in [1.807, 2.05) is 35.2 Å². The van der Waals surface area contributed by atoms with Gasteiger partial charge >= 0.3 is 0 Å². The van der Waals surface area contributed by atoms with Crippen LogP contribution in [0.1, 0.15) is 65.7 Å². The van der Waals surface area contributed by atoms with Crippen molar-refractivity contribution in [2.75, 3.05) is 40.8 Å². The number of hydrogen-bond donors (Lipinski definition) is 2. The minimum atomic E-state index is -0.191. The van der Waals surface area contributed by atoms with Gasteiger partial charge in [0.15, 0.2) is 0 Å². The number of aryl methyl sites for hydroxylation is 1. The molecule has 0 unspecified atom stereocenters. The molecule has 5 rings (SSSR count). The SMILES string of the molecule is CNC(=O)c1cn2cc(-c3[nH]c4ccc(C5CCN(C(=O)CN(C)C)CC5)cc4c3C(C)C)cc(C)c2n1. The van der Waals surface area contributed by atoms with E-state index < -0.39 is 0 Å². The second kappa shape index (κ2) is 10.3. The molecule has 200 valence electrons. The summed E-state index contributed by atoms with van der Waals surface area (Å²) in [7, 11) is 5.49. The van der Waals surface area contributed by atoms with Crippen LogP contribution in [0.25, 0.3) is 27.8 Å². The molecule has 0 bridgehead atoms. The third kappa shape index (κ3) is 4.80. The Kier molecular flexibility index (Phi) is 7.01. The number of fused-ring (bicyclic) bond motifs is 2. The molecule has 0 aliphatic carbocycles. The van der Waals surface area contributed by atoms with E-state index in [1.54, 1.807) is 13.2 Å². The monoisotopic (exact) mass is 514 g/mol. The summed E-state index contributed by atoms with van der Waals surface area (Å²) in [6.45, 7) is 8.60. The molecule has 3 aromatic heterocycles. The number of hydrogen-bond acceptors (Lipinski definition) is 4. The van der Waals surface area contributed by atoms with Crippen molar-refractivity contribution in [3.8, 4) is 11.3 Å². The normalized spacial score (nSPS) is 14.8. The predicted molar refractivity (Wildman–Crippen MR) is 152 cm³/mol. The van der Waals surface area contributed by atoms with Crippen LogP contribution in [0.4, 0.5) is 0 Å². The van der Waals surface area contributed by atoms with Crippen LogP contribution in [0.2, 0.25) is 0 Å². The van der Waals surface area contributed by atoms with Crippen LogP contribution < -0.4 is 5.32 Å². The summed E-state index contributed by atoms with van der Waals surface area (Å²) >= 11 is 0. The molecule has 8 heteroatoms. The van der Waals surface area contributed by atoms with Crippen molar-refractivity contribution in [3.05, 3.63) is 59.0 Å². The summed E-state index contributed by atoms with van der Waals surface area (Å²) in [6.07, 6.45) is 5.82. The second-order valence-electron chi connectivity index (χ2n) is 11.1. The van der Waals surface area contributed by atoms with E-state index in [0.717, 1.165) is 53.9 Å². The number of carbonyl (C=O) groups excluding carboxylic acids is 2. The van der Waals surface area contributed by atoms with Crippen LogP contribution in [-0.4, -0.2) is 76.8 Å². The molecule has 4 aromatic rings. The van der Waals surface area contributed by atoms with E-state index in [-0.39, 0.29) is 11.8 Å². The van der Waals surface area contributed by atoms with Gasteiger partial charge in [-0.1, -0.05) is 19.9 Å². The maximum Gasteiger partial charge on any atom is 0.271 e. The fraction of sp³-hybridized carbons (Fsp3) is 0.433. The first-order valence-electron chi connectivity index (χ1n) is 13.5. The van der Waals surface area contributed by atoms with E-state index in [9.17, 15) is 9.59 Å². The van der Waals surface area contributed by atoms with Gasteiger partial charge < -0.3 is 24.5 Å². The molecule has 38 heavy (non-hydrogen) atoms. The maximum absolute atomic E-state index is 12.5. The molecule has 1 aliphatic heterocycles. The lowest BCUT2D eigenvalue weighted by Gasteiger charge is -2.33. The minimum absolute atomic E-state index is 0.191. The zero-order valence-corrected chi connectivity index (χ0v) is 23.3. The Hall–Kier alpha value is -3.65. The molecule has 0 atom stereocenters. The van der Waals surface area contributed by atoms with Crippen LogP contribution in [-0.2, 0) is 4.79 Å². The second-order valence-corrected chi connectivity index (χ2v) is 11.1. The first-order valence-corrected chi connectivity index (χ1v) is 13.5. The molecule has 2 N–H and O–H groups in total. The number of nitrogens with one attached hydrogen (secondary N) is 2. The average Bonchev–Trinajstić information content (AvgIpc) is 3.50. The highest BCUT2D eigenvalue weighted by atomic mass is 16.2. The van der Waals surface area contributed by atoms with Crippen molar-refractivity contribution in [1.82, 2.24) is 29.5 Å². The summed E-state index contributed by atoms with van der Waals surface area (Å²) < 4.78 is 1.95. The molecular weight excluding hydrogens is 476 g/mol. The first-order chi connectivity index (χ1) is 18.2. The molecule has 0 radical (unpaired) electrons. The van der Waals surface area contributed by atoms with Gasteiger partial charge in [-0.05, 0) is 80.6 Å². The molecule has 8 nitrogen and oxygen atoms in total. The minimum Gasteiger partial charge on any atom is -0.354 e. The predicted octanol–water partition coefficient (Wildman–Crippen LogP) is 4.54. The van der Waals surface area contributed by atoms with Gasteiger partial charge in [0.2, 0.25) is 5.91 Å². The Morgan fingerprint density at radius 2 is 1.89 bits per heavy atom. The number of benzene rings is 1. The number of likely N-dealkylation sites (tertiary alicyclic amines) is 1. The molecular formula is C30H38N6O2. The van der Waals surface area contributed by atoms with Crippen LogP contribution in [0.5, 0.6) is 0 Å². The van der Waals surface area contributed by atoms with Crippen molar-refractivity contribution >= 4 is 28.4 Å². The fourth-order valence-electron chi connectivity index (χ4n) is 5.79. The molecule has 0 saturated carbocycles. The molecule has 1 saturated heterocycles. The third-order valence-electron chi connectivity index (χ3n) is 7.69. The maximum atomic E-state index is 12.5. The van der Waals surface area contributed by atoms with E-state index in [2.05, 4.69) is 59.6 Å². The average molecular weight is 515 g/mol. The quantitative estimate of drug-likeness (QED) is 0.396. The Labute approximate surface area is 224 Å². The van der Waals surface area contributed by atoms with Crippen LogP contribution >= 0.6 is 0 Å². The number of H-pyrrole nitrogens is 1. The number of piperidine rings is 1. The third-order valence-corrected chi connectivity index (χ3v) is 7.69. The van der Waals surface area contributed by atoms with E-state index >= 15 is 0 Å². The molecule has 1 aromatic carbocycles. The summed E-state index contributed by atoms with van der Waals surface area (Å²) in [5.74, 6) is 0.797. The van der Waals surface area contributed by atoms with Crippen LogP contribution in [0.3, 0.4) is 0 Å². The fourth-order valence-corrected chi connectivity index (χ4v) is 5.79. The van der Waals surface area contributed by atoms with Crippen molar-refractivity contribution in [1.29, 1.82) is 0 Å². The van der Waals surface area contributed by atoms with Gasteiger partial charge in [0, 0.05) is 49.0 Å². The van der Waals surface area contributed by atoms with E-state index in [1.165, 1.54) is 16.5 Å². The standard InChI is InChI=1S/C30H38N6O2/c1-18(2)27-23-14-21(20-9-11-35(12-10-20)26(37)17-34(5)6)7-8-24(23)32-28(27)22-13-19(3)29-33-25(30(38)31-4)16-36(29)15-22/h7-8,13-16,18,20,32H,9-12,17H2,1-6H3,(H,31,38). The van der Waals surface area contributed by atoms with Crippen molar-refractivity contribution < 1.29 is 9.59 Å². The number of amides is 2. The Morgan fingerprint density at radius 1 is 1.16 bits per heavy atom. The zero-order chi connectivity index (χ0) is 27.1. The van der Waals surface area contributed by atoms with E-state index in [4.69, 9.17) is 0 Å². The summed E-state index contributed by atoms with van der Waals surface area (Å²) in [4.78, 5) is 36.8. The van der Waals surface area contributed by atoms with Gasteiger partial charge in [-0.15, -0.1) is 0 Å². The number of aromatic amines is 1. The Balaban J connectivity index is 1.48. The number of pyridine rings is 1. The first kappa shape index (κ1) is 26.0. The smallest absolute Gasteiger partial charge is 0.271 e. The lowest BCUT2D eigenvalue weighted by molar-refractivity contribution is -0.132.